The summed E-state index contributed by atoms with van der Waals surface area (Å²) in [5.41, 5.74) is 0. The van der Waals surface area contributed by atoms with Gasteiger partial charge in [-0.2, -0.15) is 6.92 Å². The zero-order chi connectivity index (χ0) is 10.6. The monoisotopic (exact) mass is 380 g/mol. The van der Waals surface area contributed by atoms with E-state index in [9.17, 15) is 0 Å². The van der Waals surface area contributed by atoms with E-state index in [1.807, 2.05) is 0 Å². The third-order valence-electron chi connectivity index (χ3n) is 3.40. The Morgan fingerprint density at radius 2 is 1.73 bits per heavy atom. The maximum atomic E-state index is 3.96. The van der Waals surface area contributed by atoms with Gasteiger partial charge in [-0.1, -0.05) is 0 Å². The van der Waals surface area contributed by atoms with E-state index in [0.717, 1.165) is 18.4 Å². The Hall–Kier alpha value is 0.608. The molecule has 2 nitrogen and oxygen atoms in total. The van der Waals surface area contributed by atoms with E-state index in [2.05, 4.69) is 30.7 Å². The predicted octanol–water partition coefficient (Wildman–Crippen LogP) is 1.54. The fourth-order valence-electron chi connectivity index (χ4n) is 2.63. The van der Waals surface area contributed by atoms with Gasteiger partial charge in [-0.15, -0.1) is 6.54 Å². The molecule has 2 fully saturated rings. The van der Waals surface area contributed by atoms with Crippen LogP contribution in [0.25, 0.3) is 0 Å². The SMILES string of the molecule is [CH2-]C.[CH2-]CN1CC2CCN(C)CC2C1.[W+2]. The van der Waals surface area contributed by atoms with Crippen LogP contribution < -0.4 is 0 Å². The van der Waals surface area contributed by atoms with Crippen molar-refractivity contribution < 1.29 is 21.1 Å². The second-order valence-corrected chi connectivity index (χ2v) is 4.33. The molecule has 0 saturated carbocycles. The van der Waals surface area contributed by atoms with Crippen LogP contribution in [0.5, 0.6) is 0 Å². The summed E-state index contributed by atoms with van der Waals surface area (Å²) in [7, 11) is 2.24. The molecule has 0 aromatic carbocycles. The standard InChI is InChI=1S/C10H19N2.C2H5.W/c1-3-12-7-9-4-5-11(2)6-10(9)8-12;1-2;/h9-10H,1,3-8H2,2H3;1H2,2H3;/q2*-1;+2. The summed E-state index contributed by atoms with van der Waals surface area (Å²) in [6.45, 7) is 15.2. The van der Waals surface area contributed by atoms with E-state index in [-0.39, 0.29) is 21.1 Å². The van der Waals surface area contributed by atoms with E-state index in [1.54, 1.807) is 6.92 Å². The third kappa shape index (κ3) is 4.17. The first kappa shape index (κ1) is 15.6. The number of nitrogens with zero attached hydrogens (tertiary/aromatic N) is 2. The first-order chi connectivity index (χ1) is 6.79. The van der Waals surface area contributed by atoms with E-state index < -0.39 is 0 Å². The molecule has 0 aromatic rings. The molecule has 2 saturated heterocycles. The molecular weight excluding hydrogens is 356 g/mol. The topological polar surface area (TPSA) is 6.48 Å². The Morgan fingerprint density at radius 1 is 1.13 bits per heavy atom. The molecule has 0 amide bonds. The minimum absolute atomic E-state index is 0. The van der Waals surface area contributed by atoms with Gasteiger partial charge in [0.1, 0.15) is 0 Å². The number of hydrogen-bond acceptors (Lipinski definition) is 2. The maximum Gasteiger partial charge on any atom is 2.00 e. The average molecular weight is 380 g/mol. The molecule has 2 aliphatic rings. The van der Waals surface area contributed by atoms with Crippen LogP contribution >= 0.6 is 0 Å². The van der Waals surface area contributed by atoms with Crippen LogP contribution in [0.4, 0.5) is 0 Å². The van der Waals surface area contributed by atoms with Gasteiger partial charge in [-0.3, -0.25) is 0 Å². The van der Waals surface area contributed by atoms with Crippen LogP contribution in [0.2, 0.25) is 0 Å². The van der Waals surface area contributed by atoms with Crippen molar-refractivity contribution in [3.05, 3.63) is 13.8 Å². The largest absolute Gasteiger partial charge is 2.00 e. The van der Waals surface area contributed by atoms with Crippen LogP contribution in [0.1, 0.15) is 13.3 Å². The van der Waals surface area contributed by atoms with Gasteiger partial charge < -0.3 is 23.6 Å². The van der Waals surface area contributed by atoms with Crippen LogP contribution in [0, 0.1) is 25.7 Å². The van der Waals surface area contributed by atoms with Gasteiger partial charge in [0.05, 0.1) is 0 Å². The quantitative estimate of drug-likeness (QED) is 0.637. The smallest absolute Gasteiger partial charge is 0.346 e. The van der Waals surface area contributed by atoms with Crippen molar-refractivity contribution in [3.63, 3.8) is 0 Å². The minimum Gasteiger partial charge on any atom is -0.346 e. The van der Waals surface area contributed by atoms with Crippen molar-refractivity contribution in [2.24, 2.45) is 11.8 Å². The predicted molar refractivity (Wildman–Crippen MR) is 61.9 cm³/mol. The molecule has 0 N–H and O–H groups in total. The maximum absolute atomic E-state index is 3.96. The molecule has 2 heterocycles. The van der Waals surface area contributed by atoms with Crippen molar-refractivity contribution in [2.45, 2.75) is 13.3 Å². The van der Waals surface area contributed by atoms with Gasteiger partial charge in [-0.25, -0.2) is 0 Å². The normalized spacial score (nSPS) is 31.2. The van der Waals surface area contributed by atoms with Crippen LogP contribution in [0.3, 0.4) is 0 Å². The van der Waals surface area contributed by atoms with E-state index in [0.29, 0.717) is 0 Å². The molecule has 0 radical (unpaired) electrons. The number of hydrogen-bond donors (Lipinski definition) is 0. The number of piperidine rings is 1. The van der Waals surface area contributed by atoms with E-state index in [1.165, 1.54) is 32.6 Å². The molecule has 2 atom stereocenters. The Bertz CT molecular complexity index is 164. The van der Waals surface area contributed by atoms with Crippen molar-refractivity contribution in [3.8, 4) is 0 Å². The Kier molecular flexibility index (Phi) is 8.13. The Labute approximate surface area is 110 Å². The van der Waals surface area contributed by atoms with E-state index >= 15 is 0 Å². The van der Waals surface area contributed by atoms with Gasteiger partial charge in [0, 0.05) is 6.54 Å². The van der Waals surface area contributed by atoms with Crippen molar-refractivity contribution in [1.82, 2.24) is 9.80 Å². The molecule has 0 aliphatic carbocycles. The van der Waals surface area contributed by atoms with Gasteiger partial charge in [0.15, 0.2) is 0 Å². The van der Waals surface area contributed by atoms with Crippen LogP contribution in [-0.2, 0) is 21.1 Å². The summed E-state index contributed by atoms with van der Waals surface area (Å²) in [4.78, 5) is 4.96. The molecule has 0 spiro atoms. The van der Waals surface area contributed by atoms with Crippen molar-refractivity contribution in [1.29, 1.82) is 0 Å². The third-order valence-corrected chi connectivity index (χ3v) is 3.40. The second kappa shape index (κ2) is 7.81. The summed E-state index contributed by atoms with van der Waals surface area (Å²) < 4.78 is 0. The molecule has 15 heavy (non-hydrogen) atoms. The Morgan fingerprint density at radius 3 is 2.33 bits per heavy atom. The van der Waals surface area contributed by atoms with Gasteiger partial charge in [0.25, 0.3) is 0 Å². The minimum atomic E-state index is 0. The van der Waals surface area contributed by atoms with Gasteiger partial charge in [-0.05, 0) is 44.9 Å². The average Bonchev–Trinajstić information content (AvgIpc) is 2.62. The van der Waals surface area contributed by atoms with Crippen molar-refractivity contribution >= 4 is 0 Å². The van der Waals surface area contributed by atoms with Crippen LogP contribution in [-0.4, -0.2) is 49.6 Å². The molecule has 3 heteroatoms. The molecule has 88 valence electrons. The van der Waals surface area contributed by atoms with Gasteiger partial charge >= 0.3 is 21.1 Å². The molecule has 2 aliphatic heterocycles. The molecule has 0 aromatic heterocycles. The number of likely N-dealkylation sites (tertiary alicyclic amines) is 2. The molecule has 0 bridgehead atoms. The Balaban J connectivity index is 0.000000617. The molecular formula is C12H24N2W. The number of rotatable bonds is 1. The van der Waals surface area contributed by atoms with E-state index in [4.69, 9.17) is 0 Å². The summed E-state index contributed by atoms with van der Waals surface area (Å²) in [6.07, 6.45) is 1.40. The summed E-state index contributed by atoms with van der Waals surface area (Å²) >= 11 is 0. The summed E-state index contributed by atoms with van der Waals surface area (Å²) in [5, 5.41) is 0. The molecule has 2 unspecified atom stereocenters. The second-order valence-electron chi connectivity index (χ2n) is 4.33. The number of fused-ring (bicyclic) bond motifs is 1. The summed E-state index contributed by atoms with van der Waals surface area (Å²) in [6, 6.07) is 0. The molecule has 2 rings (SSSR count). The fraction of sp³-hybridized carbons (Fsp3) is 0.833. The van der Waals surface area contributed by atoms with Crippen LogP contribution in [0.15, 0.2) is 0 Å². The fourth-order valence-corrected chi connectivity index (χ4v) is 2.63. The first-order valence-electron chi connectivity index (χ1n) is 5.70. The summed E-state index contributed by atoms with van der Waals surface area (Å²) in [5.74, 6) is 1.91. The zero-order valence-electron chi connectivity index (χ0n) is 10.1. The van der Waals surface area contributed by atoms with Gasteiger partial charge in [0.2, 0.25) is 0 Å². The van der Waals surface area contributed by atoms with Crippen molar-refractivity contribution in [2.75, 3.05) is 39.8 Å². The first-order valence-corrected chi connectivity index (χ1v) is 5.70. The zero-order valence-corrected chi connectivity index (χ0v) is 13.0.